The number of amides is 1. The van der Waals surface area contributed by atoms with Gasteiger partial charge in [0.15, 0.2) is 0 Å². The summed E-state index contributed by atoms with van der Waals surface area (Å²) in [6.45, 7) is -0.384. The average molecular weight is 294 g/mol. The summed E-state index contributed by atoms with van der Waals surface area (Å²) in [5.41, 5.74) is 0. The van der Waals surface area contributed by atoms with E-state index in [1.165, 1.54) is 0 Å². The number of nitrogens with one attached hydrogen (secondary N) is 1. The molecule has 1 rings (SSSR count). The molecule has 0 aliphatic heterocycles. The maximum atomic E-state index is 12.0. The molecule has 1 unspecified atom stereocenters. The third-order valence-electron chi connectivity index (χ3n) is 2.19. The highest BCUT2D eigenvalue weighted by molar-refractivity contribution is 6.30. The zero-order valence-electron chi connectivity index (χ0n) is 9.98. The third kappa shape index (κ3) is 6.35. The molecular formula is C12H14ClF2NO3. The summed E-state index contributed by atoms with van der Waals surface area (Å²) < 4.78 is 29.2. The molecular weight excluding hydrogens is 280 g/mol. The van der Waals surface area contributed by atoms with Crippen molar-refractivity contribution in [3.8, 4) is 5.75 Å². The number of aliphatic hydroxyl groups is 1. The summed E-state index contributed by atoms with van der Waals surface area (Å²) in [5.74, 6) is 0.0506. The lowest BCUT2D eigenvalue weighted by Gasteiger charge is -2.11. The van der Waals surface area contributed by atoms with E-state index in [2.05, 4.69) is 5.32 Å². The van der Waals surface area contributed by atoms with Crippen molar-refractivity contribution in [1.29, 1.82) is 0 Å². The van der Waals surface area contributed by atoms with Crippen LogP contribution >= 0.6 is 11.6 Å². The number of benzene rings is 1. The van der Waals surface area contributed by atoms with Gasteiger partial charge in [-0.2, -0.15) is 0 Å². The second kappa shape index (κ2) is 7.91. The summed E-state index contributed by atoms with van der Waals surface area (Å²) in [5, 5.41) is 11.5. The zero-order valence-corrected chi connectivity index (χ0v) is 10.7. The third-order valence-corrected chi connectivity index (χ3v) is 2.43. The Labute approximate surface area is 114 Å². The van der Waals surface area contributed by atoms with Gasteiger partial charge in [-0.05, 0) is 18.2 Å². The van der Waals surface area contributed by atoms with Crippen LogP contribution in [0.5, 0.6) is 5.75 Å². The highest BCUT2D eigenvalue weighted by Crippen LogP contribution is 2.17. The number of hydrogen-bond acceptors (Lipinski definition) is 3. The van der Waals surface area contributed by atoms with Crippen LogP contribution in [0.1, 0.15) is 6.42 Å². The van der Waals surface area contributed by atoms with Crippen molar-refractivity contribution in [3.63, 3.8) is 0 Å². The molecule has 1 amide bonds. The highest BCUT2D eigenvalue weighted by Gasteiger charge is 2.17. The van der Waals surface area contributed by atoms with Crippen LogP contribution in [-0.4, -0.2) is 36.7 Å². The summed E-state index contributed by atoms with van der Waals surface area (Å²) >= 11 is 5.74. The van der Waals surface area contributed by atoms with Crippen LogP contribution in [0.15, 0.2) is 24.3 Å². The number of alkyl halides is 2. The molecule has 0 radical (unpaired) electrons. The summed E-state index contributed by atoms with van der Waals surface area (Å²) in [6, 6.07) is 6.67. The number of halogens is 3. The van der Waals surface area contributed by atoms with Gasteiger partial charge in [0.2, 0.25) is 5.91 Å². The molecule has 7 heteroatoms. The molecule has 1 aromatic carbocycles. The first-order valence-corrected chi connectivity index (χ1v) is 5.98. The van der Waals surface area contributed by atoms with Gasteiger partial charge in [0, 0.05) is 11.6 Å². The lowest BCUT2D eigenvalue weighted by molar-refractivity contribution is -0.122. The van der Waals surface area contributed by atoms with Crippen LogP contribution in [0, 0.1) is 0 Å². The smallest absolute Gasteiger partial charge is 0.265 e. The van der Waals surface area contributed by atoms with Gasteiger partial charge in [-0.15, -0.1) is 0 Å². The quantitative estimate of drug-likeness (QED) is 0.807. The Hall–Kier alpha value is -1.40. The van der Waals surface area contributed by atoms with Gasteiger partial charge < -0.3 is 15.2 Å². The van der Waals surface area contributed by atoms with Gasteiger partial charge in [0.1, 0.15) is 11.9 Å². The van der Waals surface area contributed by atoms with Gasteiger partial charge in [-0.25, -0.2) is 8.78 Å². The van der Waals surface area contributed by atoms with E-state index in [9.17, 15) is 13.6 Å². The van der Waals surface area contributed by atoms with Crippen molar-refractivity contribution in [3.05, 3.63) is 29.3 Å². The minimum Gasteiger partial charge on any atom is -0.493 e. The fourth-order valence-electron chi connectivity index (χ4n) is 1.21. The van der Waals surface area contributed by atoms with E-state index in [0.29, 0.717) is 10.8 Å². The predicted octanol–water partition coefficient (Wildman–Crippen LogP) is 1.85. The first-order chi connectivity index (χ1) is 8.99. The van der Waals surface area contributed by atoms with Crippen molar-refractivity contribution >= 4 is 17.5 Å². The summed E-state index contributed by atoms with van der Waals surface area (Å²) in [6.07, 6.45) is -4.72. The Balaban J connectivity index is 2.20. The first kappa shape index (κ1) is 15.7. The Morgan fingerprint density at radius 3 is 2.84 bits per heavy atom. The number of ether oxygens (including phenoxy) is 1. The number of rotatable bonds is 7. The largest absolute Gasteiger partial charge is 0.493 e. The van der Waals surface area contributed by atoms with Crippen molar-refractivity contribution in [2.75, 3.05) is 13.2 Å². The van der Waals surface area contributed by atoms with E-state index in [0.717, 1.165) is 0 Å². The molecule has 0 aliphatic rings. The number of hydrogen-bond donors (Lipinski definition) is 2. The highest BCUT2D eigenvalue weighted by atomic mass is 35.5. The fraction of sp³-hybridized carbons (Fsp3) is 0.417. The van der Waals surface area contributed by atoms with Gasteiger partial charge >= 0.3 is 0 Å². The lowest BCUT2D eigenvalue weighted by atomic mass is 10.3. The Kier molecular flexibility index (Phi) is 6.52. The standard InChI is InChI=1S/C12H14ClF2NO3/c13-8-2-1-3-9(6-8)19-5-4-11(18)16-7-10(17)12(14)15/h1-3,6,10,12,17H,4-5,7H2,(H,16,18). The second-order valence-corrected chi connectivity index (χ2v) is 4.20. The van der Waals surface area contributed by atoms with Gasteiger partial charge in [0.05, 0.1) is 13.0 Å². The normalized spacial score (nSPS) is 12.3. The van der Waals surface area contributed by atoms with Crippen molar-refractivity contribution in [1.82, 2.24) is 5.32 Å². The van der Waals surface area contributed by atoms with Crippen LogP contribution in [0.2, 0.25) is 5.02 Å². The molecule has 19 heavy (non-hydrogen) atoms. The van der Waals surface area contributed by atoms with E-state index in [-0.39, 0.29) is 13.0 Å². The molecule has 0 spiro atoms. The molecule has 0 aliphatic carbocycles. The van der Waals surface area contributed by atoms with E-state index < -0.39 is 25.0 Å². The molecule has 0 saturated heterocycles. The molecule has 4 nitrogen and oxygen atoms in total. The lowest BCUT2D eigenvalue weighted by Crippen LogP contribution is -2.36. The first-order valence-electron chi connectivity index (χ1n) is 5.60. The molecule has 0 aromatic heterocycles. The van der Waals surface area contributed by atoms with E-state index in [1.54, 1.807) is 24.3 Å². The average Bonchev–Trinajstić information content (AvgIpc) is 2.36. The molecule has 2 N–H and O–H groups in total. The topological polar surface area (TPSA) is 58.6 Å². The number of carbonyl (C=O) groups is 1. The van der Waals surface area contributed by atoms with E-state index >= 15 is 0 Å². The minimum absolute atomic E-state index is 0.00245. The molecule has 0 fully saturated rings. The Morgan fingerprint density at radius 2 is 2.21 bits per heavy atom. The molecule has 1 atom stereocenters. The van der Waals surface area contributed by atoms with Crippen molar-refractivity contribution in [2.45, 2.75) is 19.0 Å². The van der Waals surface area contributed by atoms with Gasteiger partial charge in [0.25, 0.3) is 6.43 Å². The zero-order chi connectivity index (χ0) is 14.3. The number of aliphatic hydroxyl groups excluding tert-OH is 1. The molecule has 0 heterocycles. The number of carbonyl (C=O) groups excluding carboxylic acids is 1. The molecule has 0 saturated carbocycles. The van der Waals surface area contributed by atoms with Crippen LogP contribution in [0.4, 0.5) is 8.78 Å². The molecule has 1 aromatic rings. The van der Waals surface area contributed by atoms with Crippen molar-refractivity contribution in [2.24, 2.45) is 0 Å². The van der Waals surface area contributed by atoms with Crippen LogP contribution in [-0.2, 0) is 4.79 Å². The SMILES string of the molecule is O=C(CCOc1cccc(Cl)c1)NCC(O)C(F)F. The molecule has 0 bridgehead atoms. The van der Waals surface area contributed by atoms with Gasteiger partial charge in [-0.3, -0.25) is 4.79 Å². The van der Waals surface area contributed by atoms with Crippen molar-refractivity contribution < 1.29 is 23.4 Å². The Bertz CT molecular complexity index is 418. The summed E-state index contributed by atoms with van der Waals surface area (Å²) in [4.78, 5) is 11.3. The second-order valence-electron chi connectivity index (χ2n) is 3.76. The van der Waals surface area contributed by atoms with E-state index in [4.69, 9.17) is 21.4 Å². The maximum Gasteiger partial charge on any atom is 0.265 e. The Morgan fingerprint density at radius 1 is 1.47 bits per heavy atom. The van der Waals surface area contributed by atoms with Gasteiger partial charge in [-0.1, -0.05) is 17.7 Å². The predicted molar refractivity (Wildman–Crippen MR) is 66.6 cm³/mol. The molecule has 106 valence electrons. The summed E-state index contributed by atoms with van der Waals surface area (Å²) in [7, 11) is 0. The monoisotopic (exact) mass is 293 g/mol. The van der Waals surface area contributed by atoms with Crippen LogP contribution < -0.4 is 10.1 Å². The van der Waals surface area contributed by atoms with E-state index in [1.807, 2.05) is 0 Å². The maximum absolute atomic E-state index is 12.0. The minimum atomic E-state index is -2.87. The van der Waals surface area contributed by atoms with Crippen LogP contribution in [0.25, 0.3) is 0 Å². The fourth-order valence-corrected chi connectivity index (χ4v) is 1.39. The van der Waals surface area contributed by atoms with Crippen LogP contribution in [0.3, 0.4) is 0 Å².